The third kappa shape index (κ3) is 13.8. The molecular weight excluding hydrogens is 1100 g/mol. The van der Waals surface area contributed by atoms with Crippen molar-refractivity contribution in [2.24, 2.45) is 0 Å². The molecule has 0 aliphatic carbocycles. The van der Waals surface area contributed by atoms with Crippen molar-refractivity contribution < 1.29 is 132 Å². The van der Waals surface area contributed by atoms with Gasteiger partial charge in [-0.05, 0) is 29.8 Å². The normalized spacial score (nSPS) is 31.1. The molecule has 5 rings (SSSR count). The van der Waals surface area contributed by atoms with Crippen molar-refractivity contribution in [1.29, 1.82) is 0 Å². The first-order valence-corrected chi connectivity index (χ1v) is 26.0. The number of H-pyrrole nitrogens is 2. The Labute approximate surface area is 363 Å². The summed E-state index contributed by atoms with van der Waals surface area (Å²) < 4.78 is 130. The summed E-state index contributed by atoms with van der Waals surface area (Å²) in [6, 6.07) is 0. The molecule has 0 bridgehead atoms. The minimum Gasteiger partial charge on any atom is -0.385 e. The Morgan fingerprint density at radius 2 is 1.26 bits per heavy atom. The van der Waals surface area contributed by atoms with Gasteiger partial charge in [0.2, 0.25) is 0 Å². The van der Waals surface area contributed by atoms with Gasteiger partial charge in [0.1, 0.15) is 43.0 Å². The number of rotatable bonds is 16. The number of hydrogen-bond acceptors (Lipinski definition) is 23. The molecule has 5 heterocycles. The van der Waals surface area contributed by atoms with E-state index in [4.69, 9.17) is 38.8 Å². The topological polar surface area (TPSA) is 537 Å². The number of aryl methyl sites for hydroxylation is 1. The van der Waals surface area contributed by atoms with E-state index in [1.165, 1.54) is 6.92 Å². The fourth-order valence-corrected chi connectivity index (χ4v) is 11.7. The number of aliphatic hydroxyl groups is 4. The number of imidazole rings is 1. The van der Waals surface area contributed by atoms with Crippen molar-refractivity contribution >= 4 is 74.0 Å². The Hall–Kier alpha value is -2.05. The molecule has 2 aliphatic rings. The zero-order valence-corrected chi connectivity index (χ0v) is 38.3. The number of halogens is 3. The fourth-order valence-electron chi connectivity index (χ4n) is 5.29. The minimum atomic E-state index is -5.90. The predicted octanol–water partition coefficient (Wildman–Crippen LogP) is -2.36. The van der Waals surface area contributed by atoms with Crippen molar-refractivity contribution in [2.45, 2.75) is 61.9 Å². The molecule has 12 atom stereocenters. The second-order valence-electron chi connectivity index (χ2n) is 13.0. The number of phosphoric ester groups is 2. The molecule has 2 aliphatic heterocycles. The van der Waals surface area contributed by atoms with E-state index in [9.17, 15) is 72.0 Å². The lowest BCUT2D eigenvalue weighted by molar-refractivity contribution is -0.205. The number of fused-ring (bicyclic) bond motifs is 1. The van der Waals surface area contributed by atoms with E-state index in [-0.39, 0.29) is 21.5 Å². The minimum absolute atomic E-state index is 0.126. The Kier molecular flexibility index (Phi) is 16.3. The summed E-state index contributed by atoms with van der Waals surface area (Å²) in [5.74, 6) is -6.86. The van der Waals surface area contributed by atoms with Crippen molar-refractivity contribution in [3.05, 3.63) is 54.0 Å². The van der Waals surface area contributed by atoms with E-state index in [0.29, 0.717) is 4.57 Å². The molecule has 65 heavy (non-hydrogen) atoms. The van der Waals surface area contributed by atoms with Gasteiger partial charge >= 0.3 is 52.6 Å². The van der Waals surface area contributed by atoms with Crippen LogP contribution in [0.25, 0.3) is 11.2 Å². The van der Waals surface area contributed by atoms with Crippen LogP contribution in [0, 0.1) is 6.92 Å². The Bertz CT molecular complexity index is 2780. The van der Waals surface area contributed by atoms with Crippen LogP contribution >= 0.6 is 62.9 Å². The molecule has 35 nitrogen and oxygen atoms in total. The highest BCUT2D eigenvalue weighted by atomic mass is 79.9. The zero-order chi connectivity index (χ0) is 49.9. The summed E-state index contributed by atoms with van der Waals surface area (Å²) in [7, 11) is -34.6. The van der Waals surface area contributed by atoms with Crippen LogP contribution in [-0.2, 0) is 63.2 Å². The Morgan fingerprint density at radius 1 is 0.769 bits per heavy atom. The van der Waals surface area contributed by atoms with E-state index in [0.717, 1.165) is 24.0 Å². The van der Waals surface area contributed by atoms with Crippen molar-refractivity contribution in [1.82, 2.24) is 29.1 Å². The largest absolute Gasteiger partial charge is 0.490 e. The molecule has 0 radical (unpaired) electrons. The van der Waals surface area contributed by atoms with Crippen LogP contribution in [0.2, 0.25) is 0 Å². The standard InChI is InChI=1S/C11H16FN4O14P3.C10H15BrFN2O15P3/c1-4-14-8-5(9(19)15-4)13-3-16(8)10-6(17)7(18)11(12,28-10)2-27-32(23,24)30-33(25,26)29-31(20,21)22;1-9(18)6(16)10(12,27-7(9)14-2-4(11)5(15)13-8(14)17)3-26-31(22,23)29-32(24,25)28-30(19,20)21/h3,6-7,10,17-18H,2H2,1H3,(H,23,24)(H,25,26)(H,14,15,19)(H2,20,21,22);2,6-7,16,18H,3H2,1H3,(H,22,23)(H,24,25)(H,13,15,17)(H2,19,20,21)/t6-,7+,10-,11-;6-,7+,9+,10+/m10/s1. The second-order valence-corrected chi connectivity index (χ2v) is 22.7. The smallest absolute Gasteiger partial charge is 0.385 e. The third-order valence-corrected chi connectivity index (χ3v) is 16.0. The molecule has 14 N–H and O–H groups in total. The van der Waals surface area contributed by atoms with Gasteiger partial charge < -0.3 is 74.0 Å². The second kappa shape index (κ2) is 19.0. The maximum atomic E-state index is 15.2. The number of aromatic nitrogens is 6. The SMILES string of the molecule is C[C@]1(O)[C@H](n2cc(Br)c(=O)[nH]c2=O)O[C@](F)(COP(=O)(O)OP(=O)(O)OP(=O)(O)O)[C@H]1O.Cc1nc2c(ncn2[C@@H]2O[C@](F)(COP(=O)(O)OP(=O)(O)OP(=O)(O)O)[C@@H](O)[C@H]2O)c(=O)[nH]1. The van der Waals surface area contributed by atoms with Gasteiger partial charge in [-0.2, -0.15) is 17.2 Å². The number of aromatic amines is 2. The van der Waals surface area contributed by atoms with Gasteiger partial charge in [0.15, 0.2) is 23.6 Å². The lowest BCUT2D eigenvalue weighted by Gasteiger charge is -2.27. The van der Waals surface area contributed by atoms with Crippen LogP contribution in [-0.4, -0.2) is 137 Å². The first-order chi connectivity index (χ1) is 29.1. The number of nitrogens with zero attached hydrogens (tertiary/aromatic N) is 4. The van der Waals surface area contributed by atoms with E-state index >= 15 is 8.78 Å². The van der Waals surface area contributed by atoms with E-state index in [1.54, 1.807) is 4.98 Å². The Morgan fingerprint density at radius 3 is 1.75 bits per heavy atom. The van der Waals surface area contributed by atoms with Gasteiger partial charge in [-0.25, -0.2) is 50.9 Å². The molecular formula is C21H31BrF2N6O29P6. The molecule has 3 aromatic rings. The number of nitrogens with one attached hydrogen (secondary N) is 2. The van der Waals surface area contributed by atoms with Crippen LogP contribution in [0.4, 0.5) is 8.78 Å². The summed E-state index contributed by atoms with van der Waals surface area (Å²) >= 11 is 2.79. The maximum absolute atomic E-state index is 15.2. The Balaban J connectivity index is 0.000000285. The van der Waals surface area contributed by atoms with Crippen LogP contribution in [0.5, 0.6) is 0 Å². The number of alkyl halides is 2. The highest BCUT2D eigenvalue weighted by Gasteiger charge is 2.64. The van der Waals surface area contributed by atoms with Gasteiger partial charge in [-0.3, -0.25) is 32.8 Å². The van der Waals surface area contributed by atoms with Crippen molar-refractivity contribution in [3.63, 3.8) is 0 Å². The summed E-state index contributed by atoms with van der Waals surface area (Å²) in [5.41, 5.74) is -5.74. The lowest BCUT2D eigenvalue weighted by Crippen LogP contribution is -2.50. The predicted molar refractivity (Wildman–Crippen MR) is 198 cm³/mol. The van der Waals surface area contributed by atoms with Crippen LogP contribution < -0.4 is 16.8 Å². The molecule has 2 fully saturated rings. The first-order valence-electron chi connectivity index (χ1n) is 16.1. The molecule has 0 amide bonds. The average Bonchev–Trinajstić information content (AvgIpc) is 3.67. The highest BCUT2D eigenvalue weighted by Crippen LogP contribution is 2.68. The van der Waals surface area contributed by atoms with Crippen LogP contribution in [0.1, 0.15) is 25.2 Å². The molecule has 0 aromatic carbocycles. The van der Waals surface area contributed by atoms with E-state index in [2.05, 4.69) is 57.2 Å². The molecule has 44 heteroatoms. The maximum Gasteiger partial charge on any atom is 0.490 e. The highest BCUT2D eigenvalue weighted by molar-refractivity contribution is 9.10. The molecule has 3 aromatic heterocycles. The lowest BCUT2D eigenvalue weighted by atomic mass is 9.95. The fraction of sp³-hybridized carbons (Fsp3) is 0.571. The van der Waals surface area contributed by atoms with Gasteiger partial charge in [-0.15, -0.1) is 0 Å². The number of ether oxygens (including phenoxy) is 2. The summed E-state index contributed by atoms with van der Waals surface area (Å²) in [5, 5.41) is 40.9. The first kappa shape index (κ1) is 55.5. The van der Waals surface area contributed by atoms with Crippen molar-refractivity contribution in [2.75, 3.05) is 13.2 Å². The number of phosphoric acid groups is 6. The van der Waals surface area contributed by atoms with E-state index < -0.39 is 125 Å². The summed E-state index contributed by atoms with van der Waals surface area (Å²) in [4.78, 5) is 118. The monoisotopic (exact) mass is 1130 g/mol. The molecule has 0 saturated carbocycles. The van der Waals surface area contributed by atoms with Crippen LogP contribution in [0.3, 0.4) is 0 Å². The van der Waals surface area contributed by atoms with Crippen molar-refractivity contribution in [3.8, 4) is 0 Å². The molecule has 4 unspecified atom stereocenters. The number of aliphatic hydroxyl groups excluding tert-OH is 3. The molecule has 370 valence electrons. The third-order valence-electron chi connectivity index (χ3n) is 7.83. The van der Waals surface area contributed by atoms with E-state index in [1.807, 2.05) is 0 Å². The summed E-state index contributed by atoms with van der Waals surface area (Å²) in [6.07, 6.45) is -9.14. The molecule has 0 spiro atoms. The van der Waals surface area contributed by atoms with Gasteiger partial charge in [-0.1, -0.05) is 0 Å². The van der Waals surface area contributed by atoms with Crippen LogP contribution in [0.15, 0.2) is 31.4 Å². The summed E-state index contributed by atoms with van der Waals surface area (Å²) in [6.45, 7) is -1.24. The zero-order valence-electron chi connectivity index (χ0n) is 31.4. The molecule has 2 saturated heterocycles. The average molecular weight is 1140 g/mol. The van der Waals surface area contributed by atoms with Gasteiger partial charge in [0.05, 0.1) is 10.8 Å². The quantitative estimate of drug-likeness (QED) is 0.0667. The van der Waals surface area contributed by atoms with Gasteiger partial charge in [0, 0.05) is 6.20 Å². The number of hydrogen-bond donors (Lipinski definition) is 14. The van der Waals surface area contributed by atoms with Gasteiger partial charge in [0.25, 0.3) is 22.8 Å².